The lowest BCUT2D eigenvalue weighted by Crippen LogP contribution is -2.43. The number of hydrogen-bond acceptors (Lipinski definition) is 4. The number of piperazine rings is 1. The molecule has 1 N–H and O–H groups in total. The van der Waals surface area contributed by atoms with Gasteiger partial charge in [-0.15, -0.1) is 0 Å². The third-order valence-electron chi connectivity index (χ3n) is 5.77. The topological polar surface area (TPSA) is 44.8 Å². The number of methoxy groups -OCH3 is 1. The highest BCUT2D eigenvalue weighted by Crippen LogP contribution is 2.26. The standard InChI is InChI=1S/C23H29N3O2/c1-28-22-9-4-12-26(17-22)23(27)20-7-2-5-18(15-20)19-6-3-8-21(16-19)25-13-10-24-11-14-25/h2-3,5-8,15-16,22,24H,4,9-14,17H2,1H3/t22-/m0/s1. The van der Waals surface area contributed by atoms with Gasteiger partial charge in [0.25, 0.3) is 5.91 Å². The summed E-state index contributed by atoms with van der Waals surface area (Å²) in [6, 6.07) is 16.6. The molecular weight excluding hydrogens is 350 g/mol. The molecule has 0 spiro atoms. The average molecular weight is 380 g/mol. The molecule has 2 heterocycles. The van der Waals surface area contributed by atoms with E-state index in [9.17, 15) is 4.79 Å². The molecule has 2 aromatic rings. The Kier molecular flexibility index (Phi) is 5.93. The molecule has 0 unspecified atom stereocenters. The second-order valence-electron chi connectivity index (χ2n) is 7.62. The molecule has 2 aliphatic heterocycles. The van der Waals surface area contributed by atoms with Gasteiger partial charge in [0.05, 0.1) is 6.10 Å². The lowest BCUT2D eigenvalue weighted by atomic mass is 10.0. The largest absolute Gasteiger partial charge is 0.380 e. The maximum Gasteiger partial charge on any atom is 0.253 e. The summed E-state index contributed by atoms with van der Waals surface area (Å²) in [5.41, 5.74) is 4.23. The summed E-state index contributed by atoms with van der Waals surface area (Å²) in [6.45, 7) is 5.58. The third-order valence-corrected chi connectivity index (χ3v) is 5.77. The molecule has 0 saturated carbocycles. The molecule has 0 aromatic heterocycles. The highest BCUT2D eigenvalue weighted by Gasteiger charge is 2.24. The Labute approximate surface area is 167 Å². The fraction of sp³-hybridized carbons (Fsp3) is 0.435. The molecule has 5 heteroatoms. The minimum absolute atomic E-state index is 0.0989. The molecule has 0 bridgehead atoms. The van der Waals surface area contributed by atoms with Crippen molar-refractivity contribution in [1.29, 1.82) is 0 Å². The second kappa shape index (κ2) is 8.76. The first-order valence-electron chi connectivity index (χ1n) is 10.2. The SMILES string of the molecule is CO[C@H]1CCCN(C(=O)c2cccc(-c3cccc(N4CCNCC4)c3)c2)C1. The van der Waals surface area contributed by atoms with Crippen LogP contribution in [0.5, 0.6) is 0 Å². The number of carbonyl (C=O) groups is 1. The van der Waals surface area contributed by atoms with E-state index in [0.717, 1.165) is 62.3 Å². The number of benzene rings is 2. The van der Waals surface area contributed by atoms with Crippen molar-refractivity contribution in [2.75, 3.05) is 51.3 Å². The lowest BCUT2D eigenvalue weighted by molar-refractivity contribution is 0.0269. The van der Waals surface area contributed by atoms with Gasteiger partial charge in [0.1, 0.15) is 0 Å². The minimum atomic E-state index is 0.0989. The van der Waals surface area contributed by atoms with Crippen LogP contribution in [0.25, 0.3) is 11.1 Å². The van der Waals surface area contributed by atoms with E-state index >= 15 is 0 Å². The average Bonchev–Trinajstić information content (AvgIpc) is 2.79. The van der Waals surface area contributed by atoms with Crippen LogP contribution in [0.1, 0.15) is 23.2 Å². The van der Waals surface area contributed by atoms with E-state index < -0.39 is 0 Å². The fourth-order valence-electron chi connectivity index (χ4n) is 4.13. The predicted molar refractivity (Wildman–Crippen MR) is 113 cm³/mol. The van der Waals surface area contributed by atoms with Gasteiger partial charge < -0.3 is 19.9 Å². The van der Waals surface area contributed by atoms with Crippen molar-refractivity contribution in [3.63, 3.8) is 0 Å². The normalized spacial score (nSPS) is 20.2. The molecule has 1 amide bonds. The van der Waals surface area contributed by atoms with Crippen LogP contribution < -0.4 is 10.2 Å². The number of piperidine rings is 1. The Morgan fingerprint density at radius 1 is 1.04 bits per heavy atom. The van der Waals surface area contributed by atoms with Crippen LogP contribution >= 0.6 is 0 Å². The third kappa shape index (κ3) is 4.21. The zero-order chi connectivity index (χ0) is 19.3. The van der Waals surface area contributed by atoms with Gasteiger partial charge in [0, 0.05) is 57.6 Å². The van der Waals surface area contributed by atoms with Crippen molar-refractivity contribution < 1.29 is 9.53 Å². The van der Waals surface area contributed by atoms with E-state index in [0.29, 0.717) is 6.54 Å². The number of carbonyl (C=O) groups excluding carboxylic acids is 1. The number of ether oxygens (including phenoxy) is 1. The van der Waals surface area contributed by atoms with Crippen LogP contribution in [0.2, 0.25) is 0 Å². The van der Waals surface area contributed by atoms with Crippen LogP contribution in [0.3, 0.4) is 0 Å². The van der Waals surface area contributed by atoms with Gasteiger partial charge in [0.15, 0.2) is 0 Å². The van der Waals surface area contributed by atoms with Crippen LogP contribution in [0.4, 0.5) is 5.69 Å². The Morgan fingerprint density at radius 3 is 2.57 bits per heavy atom. The van der Waals surface area contributed by atoms with E-state index in [4.69, 9.17) is 4.74 Å². The van der Waals surface area contributed by atoms with Crippen molar-refractivity contribution in [2.45, 2.75) is 18.9 Å². The summed E-state index contributed by atoms with van der Waals surface area (Å²) in [6.07, 6.45) is 2.17. The molecule has 5 nitrogen and oxygen atoms in total. The monoisotopic (exact) mass is 379 g/mol. The maximum absolute atomic E-state index is 13.0. The van der Waals surface area contributed by atoms with Crippen LogP contribution in [-0.4, -0.2) is 63.3 Å². The van der Waals surface area contributed by atoms with E-state index in [1.54, 1.807) is 7.11 Å². The van der Waals surface area contributed by atoms with Crippen LogP contribution in [0.15, 0.2) is 48.5 Å². The van der Waals surface area contributed by atoms with Crippen molar-refractivity contribution in [3.8, 4) is 11.1 Å². The molecule has 2 saturated heterocycles. The van der Waals surface area contributed by atoms with Gasteiger partial charge in [-0.05, 0) is 48.2 Å². The Morgan fingerprint density at radius 2 is 1.79 bits per heavy atom. The molecule has 4 rings (SSSR count). The minimum Gasteiger partial charge on any atom is -0.380 e. The summed E-state index contributed by atoms with van der Waals surface area (Å²) in [5, 5.41) is 3.40. The Hall–Kier alpha value is -2.37. The first-order chi connectivity index (χ1) is 13.7. The second-order valence-corrected chi connectivity index (χ2v) is 7.62. The summed E-state index contributed by atoms with van der Waals surface area (Å²) in [5.74, 6) is 0.0989. The van der Waals surface area contributed by atoms with Crippen molar-refractivity contribution in [3.05, 3.63) is 54.1 Å². The summed E-state index contributed by atoms with van der Waals surface area (Å²) >= 11 is 0. The van der Waals surface area contributed by atoms with Gasteiger partial charge in [-0.25, -0.2) is 0 Å². The van der Waals surface area contributed by atoms with Crippen molar-refractivity contribution in [1.82, 2.24) is 10.2 Å². The number of anilines is 1. The van der Waals surface area contributed by atoms with E-state index in [1.807, 2.05) is 23.1 Å². The number of amides is 1. The maximum atomic E-state index is 13.0. The van der Waals surface area contributed by atoms with Gasteiger partial charge in [-0.3, -0.25) is 4.79 Å². The summed E-state index contributed by atoms with van der Waals surface area (Å²) in [7, 11) is 1.73. The number of nitrogens with zero attached hydrogens (tertiary/aromatic N) is 2. The quantitative estimate of drug-likeness (QED) is 0.887. The number of nitrogens with one attached hydrogen (secondary N) is 1. The van der Waals surface area contributed by atoms with Gasteiger partial charge in [-0.1, -0.05) is 24.3 Å². The number of rotatable bonds is 4. The Balaban J connectivity index is 1.54. The Bertz CT molecular complexity index is 817. The lowest BCUT2D eigenvalue weighted by Gasteiger charge is -2.32. The molecule has 148 valence electrons. The van der Waals surface area contributed by atoms with E-state index in [2.05, 4.69) is 40.5 Å². The molecule has 28 heavy (non-hydrogen) atoms. The van der Waals surface area contributed by atoms with Gasteiger partial charge in [0.2, 0.25) is 0 Å². The summed E-state index contributed by atoms with van der Waals surface area (Å²) < 4.78 is 5.47. The fourth-order valence-corrected chi connectivity index (χ4v) is 4.13. The van der Waals surface area contributed by atoms with E-state index in [-0.39, 0.29) is 12.0 Å². The highest BCUT2D eigenvalue weighted by atomic mass is 16.5. The zero-order valence-corrected chi connectivity index (χ0v) is 16.6. The highest BCUT2D eigenvalue weighted by molar-refractivity contribution is 5.95. The number of likely N-dealkylation sites (tertiary alicyclic amines) is 1. The summed E-state index contributed by atoms with van der Waals surface area (Å²) in [4.78, 5) is 17.3. The van der Waals surface area contributed by atoms with Crippen molar-refractivity contribution >= 4 is 11.6 Å². The molecule has 0 radical (unpaired) electrons. The molecule has 2 aliphatic rings. The first-order valence-corrected chi connectivity index (χ1v) is 10.2. The van der Waals surface area contributed by atoms with Crippen molar-refractivity contribution in [2.24, 2.45) is 0 Å². The molecular formula is C23H29N3O2. The smallest absolute Gasteiger partial charge is 0.253 e. The molecule has 1 atom stereocenters. The first kappa shape index (κ1) is 19.0. The van der Waals surface area contributed by atoms with Gasteiger partial charge in [-0.2, -0.15) is 0 Å². The molecule has 0 aliphatic carbocycles. The predicted octanol–water partition coefficient (Wildman–Crippen LogP) is 3.01. The zero-order valence-electron chi connectivity index (χ0n) is 16.6. The van der Waals surface area contributed by atoms with Crippen LogP contribution in [-0.2, 0) is 4.74 Å². The number of hydrogen-bond donors (Lipinski definition) is 1. The van der Waals surface area contributed by atoms with Crippen LogP contribution in [0, 0.1) is 0 Å². The van der Waals surface area contributed by atoms with Gasteiger partial charge >= 0.3 is 0 Å². The molecule has 2 fully saturated rings. The van der Waals surface area contributed by atoms with E-state index in [1.165, 1.54) is 5.69 Å². The molecule has 2 aromatic carbocycles.